The molecule has 7 heteroatoms. The smallest absolute Gasteiger partial charge is 0.746 e. The van der Waals surface area contributed by atoms with Crippen LogP contribution in [0.25, 0.3) is 0 Å². The number of hydrogen-bond donors (Lipinski definition) is 1. The number of hydrogen-bond acceptors (Lipinski definition) is 5. The molecule has 0 unspecified atom stereocenters. The molecule has 1 rings (SSSR count). The molecule has 66 valence electrons. The zero-order valence-corrected chi connectivity index (χ0v) is 10.4. The van der Waals surface area contributed by atoms with E-state index in [-0.39, 0.29) is 42.4 Å². The zero-order valence-electron chi connectivity index (χ0n) is 6.82. The molecule has 0 amide bonds. The van der Waals surface area contributed by atoms with E-state index in [4.69, 9.17) is 0 Å². The van der Waals surface area contributed by atoms with Crippen molar-refractivity contribution in [3.63, 3.8) is 0 Å². The van der Waals surface area contributed by atoms with Gasteiger partial charge in [0.25, 0.3) is 0 Å². The summed E-state index contributed by atoms with van der Waals surface area (Å²) < 4.78 is 31.5. The van der Waals surface area contributed by atoms with Crippen LogP contribution in [0.5, 0.6) is 0 Å². The molecule has 1 aliphatic rings. The normalized spacial score (nSPS) is 22.8. The second-order valence-corrected chi connectivity index (χ2v) is 5.41. The molecule has 4 nitrogen and oxygen atoms in total. The van der Waals surface area contributed by atoms with Crippen molar-refractivity contribution in [1.82, 2.24) is 0 Å². The predicted octanol–water partition coefficient (Wildman–Crippen LogP) is -3.25. The molecular formula is C5H9NaO4S2. The van der Waals surface area contributed by atoms with E-state index in [0.29, 0.717) is 11.5 Å². The maximum absolute atomic E-state index is 10.5. The summed E-state index contributed by atoms with van der Waals surface area (Å²) in [5, 5.41) is 9.29. The van der Waals surface area contributed by atoms with Gasteiger partial charge in [-0.25, -0.2) is 8.42 Å². The topological polar surface area (TPSA) is 77.4 Å². The fourth-order valence-corrected chi connectivity index (χ4v) is 3.07. The summed E-state index contributed by atoms with van der Waals surface area (Å²) >= 11 is 1.55. The van der Waals surface area contributed by atoms with Gasteiger partial charge in [-0.3, -0.25) is 0 Å². The third-order valence-electron chi connectivity index (χ3n) is 1.74. The molecule has 0 aliphatic carbocycles. The van der Waals surface area contributed by atoms with Crippen LogP contribution in [-0.4, -0.2) is 34.5 Å². The van der Waals surface area contributed by atoms with E-state index in [2.05, 4.69) is 0 Å². The maximum Gasteiger partial charge on any atom is 1.00 e. The minimum Gasteiger partial charge on any atom is -0.746 e. The van der Waals surface area contributed by atoms with Gasteiger partial charge in [0.2, 0.25) is 0 Å². The van der Waals surface area contributed by atoms with Crippen LogP contribution in [0.4, 0.5) is 0 Å². The SMILES string of the molecule is O=S(=O)([O-])C1(O)CCSCC1.[Na+]. The van der Waals surface area contributed by atoms with Crippen LogP contribution in [0, 0.1) is 0 Å². The molecule has 0 aromatic rings. The van der Waals surface area contributed by atoms with Gasteiger partial charge < -0.3 is 9.66 Å². The Bertz CT molecular complexity index is 232. The van der Waals surface area contributed by atoms with Crippen molar-refractivity contribution in [2.75, 3.05) is 11.5 Å². The summed E-state index contributed by atoms with van der Waals surface area (Å²) in [4.78, 5) is -1.99. The van der Waals surface area contributed by atoms with Crippen LogP contribution in [-0.2, 0) is 10.1 Å². The summed E-state index contributed by atoms with van der Waals surface area (Å²) in [7, 11) is -4.53. The molecule has 1 N–H and O–H groups in total. The minimum absolute atomic E-state index is 0. The van der Waals surface area contributed by atoms with Gasteiger partial charge in [-0.05, 0) is 24.3 Å². The average Bonchev–Trinajstić information content (AvgIpc) is 1.87. The first-order chi connectivity index (χ1) is 4.96. The number of rotatable bonds is 1. The van der Waals surface area contributed by atoms with Gasteiger partial charge in [0.15, 0.2) is 4.93 Å². The number of thioether (sulfide) groups is 1. The van der Waals surface area contributed by atoms with Crippen molar-refractivity contribution in [2.24, 2.45) is 0 Å². The van der Waals surface area contributed by atoms with Gasteiger partial charge in [0.1, 0.15) is 10.1 Å². The Morgan fingerprint density at radius 3 is 2.00 bits per heavy atom. The summed E-state index contributed by atoms with van der Waals surface area (Å²) in [5.41, 5.74) is 0. The Kier molecular flexibility index (Phi) is 5.11. The molecule has 0 saturated carbocycles. The Balaban J connectivity index is 0.00000121. The van der Waals surface area contributed by atoms with Crippen LogP contribution in [0.3, 0.4) is 0 Å². The summed E-state index contributed by atoms with van der Waals surface area (Å²) in [5.74, 6) is 1.08. The molecule has 0 bridgehead atoms. The molecule has 0 radical (unpaired) electrons. The summed E-state index contributed by atoms with van der Waals surface area (Å²) in [6.07, 6.45) is 0.118. The second-order valence-electron chi connectivity index (χ2n) is 2.51. The van der Waals surface area contributed by atoms with Crippen LogP contribution >= 0.6 is 11.8 Å². The Hall–Kier alpha value is 1.22. The van der Waals surface area contributed by atoms with Crippen molar-refractivity contribution in [3.05, 3.63) is 0 Å². The Labute approximate surface area is 98.2 Å². The van der Waals surface area contributed by atoms with Gasteiger partial charge in [-0.15, -0.1) is 0 Å². The summed E-state index contributed by atoms with van der Waals surface area (Å²) in [6, 6.07) is 0. The van der Waals surface area contributed by atoms with E-state index in [1.807, 2.05) is 0 Å². The number of aliphatic hydroxyl groups is 1. The molecule has 1 saturated heterocycles. The maximum atomic E-state index is 10.5. The molecule has 1 heterocycles. The summed E-state index contributed by atoms with van der Waals surface area (Å²) in [6.45, 7) is 0. The zero-order chi connectivity index (χ0) is 8.54. The molecular weight excluding hydrogens is 211 g/mol. The first kappa shape index (κ1) is 13.2. The van der Waals surface area contributed by atoms with Gasteiger partial charge in [0.05, 0.1) is 0 Å². The fourth-order valence-electron chi connectivity index (χ4n) is 0.940. The van der Waals surface area contributed by atoms with Gasteiger partial charge in [-0.2, -0.15) is 11.8 Å². The van der Waals surface area contributed by atoms with Gasteiger partial charge >= 0.3 is 29.6 Å². The van der Waals surface area contributed by atoms with Crippen molar-refractivity contribution in [3.8, 4) is 0 Å². The quantitative estimate of drug-likeness (QED) is 0.371. The van der Waals surface area contributed by atoms with E-state index in [9.17, 15) is 18.1 Å². The van der Waals surface area contributed by atoms with E-state index in [1.165, 1.54) is 0 Å². The van der Waals surface area contributed by atoms with Gasteiger partial charge in [0, 0.05) is 0 Å². The molecule has 0 atom stereocenters. The van der Waals surface area contributed by atoms with Crippen LogP contribution in [0.1, 0.15) is 12.8 Å². The third kappa shape index (κ3) is 2.87. The van der Waals surface area contributed by atoms with Crippen LogP contribution < -0.4 is 29.6 Å². The fraction of sp³-hybridized carbons (Fsp3) is 1.00. The van der Waals surface area contributed by atoms with Crippen LogP contribution in [0.2, 0.25) is 0 Å². The molecule has 1 fully saturated rings. The predicted molar refractivity (Wildman–Crippen MR) is 41.2 cm³/mol. The van der Waals surface area contributed by atoms with E-state index >= 15 is 0 Å². The first-order valence-electron chi connectivity index (χ1n) is 3.21. The Morgan fingerprint density at radius 2 is 1.75 bits per heavy atom. The average molecular weight is 220 g/mol. The van der Waals surface area contributed by atoms with Crippen molar-refractivity contribution >= 4 is 21.9 Å². The molecule has 12 heavy (non-hydrogen) atoms. The minimum atomic E-state index is -4.53. The van der Waals surface area contributed by atoms with Crippen LogP contribution in [0.15, 0.2) is 0 Å². The largest absolute Gasteiger partial charge is 1.00 e. The van der Waals surface area contributed by atoms with E-state index < -0.39 is 15.1 Å². The third-order valence-corrected chi connectivity index (χ3v) is 4.06. The Morgan fingerprint density at radius 1 is 1.33 bits per heavy atom. The molecule has 0 aromatic carbocycles. The van der Waals surface area contributed by atoms with Crippen molar-refractivity contribution < 1.29 is 47.6 Å². The van der Waals surface area contributed by atoms with Crippen molar-refractivity contribution in [2.45, 2.75) is 17.8 Å². The first-order valence-corrected chi connectivity index (χ1v) is 5.78. The monoisotopic (exact) mass is 220 g/mol. The molecule has 0 spiro atoms. The molecule has 0 aromatic heterocycles. The second kappa shape index (κ2) is 4.63. The standard InChI is InChI=1S/C5H10O4S2.Na/c6-5(11(7,8)9)1-3-10-4-2-5;/h6H,1-4H2,(H,7,8,9);/q;+1/p-1. The van der Waals surface area contributed by atoms with E-state index in [0.717, 1.165) is 0 Å². The van der Waals surface area contributed by atoms with Gasteiger partial charge in [-0.1, -0.05) is 0 Å². The molecule has 1 aliphatic heterocycles. The van der Waals surface area contributed by atoms with E-state index in [1.54, 1.807) is 11.8 Å². The van der Waals surface area contributed by atoms with Crippen molar-refractivity contribution in [1.29, 1.82) is 0 Å².